The van der Waals surface area contributed by atoms with E-state index < -0.39 is 11.9 Å². The number of rotatable bonds is 11. The van der Waals surface area contributed by atoms with E-state index in [1.54, 1.807) is 18.2 Å². The average molecular weight is 590 g/mol. The van der Waals surface area contributed by atoms with Gasteiger partial charge in [-0.2, -0.15) is 0 Å². The number of nitrogens with two attached hydrogens (primary N) is 2. The van der Waals surface area contributed by atoms with Crippen LogP contribution in [0.25, 0.3) is 0 Å². The van der Waals surface area contributed by atoms with Gasteiger partial charge < -0.3 is 21.1 Å². The minimum absolute atomic E-state index is 0.0167. The molecule has 0 bridgehead atoms. The number of carbonyl (C=O) groups excluding carboxylic acids is 2. The van der Waals surface area contributed by atoms with Gasteiger partial charge in [-0.1, -0.05) is 65.9 Å². The molecule has 0 aliphatic carbocycles. The monoisotopic (exact) mass is 589 g/mol. The van der Waals surface area contributed by atoms with Crippen LogP contribution in [0.4, 0.5) is 4.79 Å². The number of amides is 3. The molecule has 1 heterocycles. The van der Waals surface area contributed by atoms with E-state index in [2.05, 4.69) is 58.0 Å². The highest BCUT2D eigenvalue weighted by molar-refractivity contribution is 6.30. The number of hydroxylamine groups is 2. The summed E-state index contributed by atoms with van der Waals surface area (Å²) >= 11 is 6.16. The number of halogens is 1. The van der Waals surface area contributed by atoms with E-state index in [1.807, 2.05) is 18.2 Å². The molecule has 220 valence electrons. The molecule has 1 aliphatic heterocycles. The lowest BCUT2D eigenvalue weighted by Gasteiger charge is -2.39. The highest BCUT2D eigenvalue weighted by Crippen LogP contribution is 2.30. The molecular formula is C32H36ClN5O4. The van der Waals surface area contributed by atoms with Crippen molar-refractivity contribution < 1.29 is 19.5 Å². The van der Waals surface area contributed by atoms with Crippen LogP contribution in [0.3, 0.4) is 0 Å². The maximum atomic E-state index is 12.0. The third-order valence-corrected chi connectivity index (χ3v) is 7.38. The highest BCUT2D eigenvalue weighted by Gasteiger charge is 2.26. The summed E-state index contributed by atoms with van der Waals surface area (Å²) in [6, 6.07) is 22.9. The number of ether oxygens (including phenoxy) is 1. The molecule has 0 aromatic heterocycles. The fourth-order valence-electron chi connectivity index (χ4n) is 4.97. The quantitative estimate of drug-likeness (QED) is 0.134. The standard InChI is InChI=1S/C32H36ClN5O4/c33-27-13-11-26(12-14-27)30(25-8-2-1-3-9-25)37-20-18-36(19-21-37)16-6-22-42-29-15-10-24(23-28(29)31(34)39)7-4-5-17-38(41)32(35)40/h1-3,8-15,23,30,41H,5-6,16-22H2,(H2,34,39)(H2,35,40). The summed E-state index contributed by atoms with van der Waals surface area (Å²) < 4.78 is 5.92. The van der Waals surface area contributed by atoms with Gasteiger partial charge in [-0.25, -0.2) is 9.86 Å². The summed E-state index contributed by atoms with van der Waals surface area (Å²) in [5.74, 6) is 5.53. The number of carbonyl (C=O) groups is 2. The second kappa shape index (κ2) is 15.2. The first-order valence-electron chi connectivity index (χ1n) is 13.9. The Morgan fingerprint density at radius 1 is 0.976 bits per heavy atom. The Morgan fingerprint density at radius 3 is 2.33 bits per heavy atom. The summed E-state index contributed by atoms with van der Waals surface area (Å²) in [4.78, 5) is 27.8. The van der Waals surface area contributed by atoms with Crippen molar-refractivity contribution in [3.05, 3.63) is 100 Å². The van der Waals surface area contributed by atoms with E-state index in [-0.39, 0.29) is 24.6 Å². The van der Waals surface area contributed by atoms with Crippen molar-refractivity contribution in [2.45, 2.75) is 18.9 Å². The molecule has 0 radical (unpaired) electrons. The van der Waals surface area contributed by atoms with Gasteiger partial charge in [-0.3, -0.25) is 14.9 Å². The molecular weight excluding hydrogens is 554 g/mol. The average Bonchev–Trinajstić information content (AvgIpc) is 3.00. The van der Waals surface area contributed by atoms with Gasteiger partial charge in [0.1, 0.15) is 5.75 Å². The van der Waals surface area contributed by atoms with Crippen LogP contribution >= 0.6 is 11.6 Å². The molecule has 0 spiro atoms. The van der Waals surface area contributed by atoms with Crippen molar-refractivity contribution in [2.24, 2.45) is 11.5 Å². The highest BCUT2D eigenvalue weighted by atomic mass is 35.5. The van der Waals surface area contributed by atoms with Gasteiger partial charge in [0.15, 0.2) is 0 Å². The first-order valence-corrected chi connectivity index (χ1v) is 14.3. The third kappa shape index (κ3) is 8.71. The lowest BCUT2D eigenvalue weighted by Crippen LogP contribution is -2.48. The molecule has 1 unspecified atom stereocenters. The van der Waals surface area contributed by atoms with Gasteiger partial charge in [0.25, 0.3) is 5.91 Å². The number of benzene rings is 3. The van der Waals surface area contributed by atoms with Gasteiger partial charge >= 0.3 is 6.03 Å². The maximum Gasteiger partial charge on any atom is 0.338 e. The fourth-order valence-corrected chi connectivity index (χ4v) is 5.10. The van der Waals surface area contributed by atoms with Crippen LogP contribution in [0.1, 0.15) is 45.9 Å². The number of urea groups is 1. The number of hydrogen-bond donors (Lipinski definition) is 3. The number of primary amides is 2. The molecule has 0 saturated carbocycles. The third-order valence-electron chi connectivity index (χ3n) is 7.13. The van der Waals surface area contributed by atoms with Crippen LogP contribution in [-0.2, 0) is 0 Å². The molecule has 9 nitrogen and oxygen atoms in total. The molecule has 42 heavy (non-hydrogen) atoms. The Labute approximate surface area is 251 Å². The van der Waals surface area contributed by atoms with E-state index in [0.717, 1.165) is 44.2 Å². The Morgan fingerprint density at radius 2 is 1.67 bits per heavy atom. The Balaban J connectivity index is 1.27. The van der Waals surface area contributed by atoms with Crippen molar-refractivity contribution in [1.82, 2.24) is 14.9 Å². The number of piperazine rings is 1. The van der Waals surface area contributed by atoms with E-state index in [9.17, 15) is 14.8 Å². The Hall–Kier alpha value is -4.07. The van der Waals surface area contributed by atoms with E-state index >= 15 is 0 Å². The molecule has 1 atom stereocenters. The summed E-state index contributed by atoms with van der Waals surface area (Å²) in [6.45, 7) is 5.09. The van der Waals surface area contributed by atoms with Crippen LogP contribution in [-0.4, -0.2) is 77.9 Å². The van der Waals surface area contributed by atoms with E-state index in [0.29, 0.717) is 23.0 Å². The van der Waals surface area contributed by atoms with E-state index in [4.69, 9.17) is 27.8 Å². The van der Waals surface area contributed by atoms with E-state index in [1.165, 1.54) is 11.1 Å². The minimum Gasteiger partial charge on any atom is -0.493 e. The SMILES string of the molecule is NC(=O)c1cc(C#CCCN(O)C(N)=O)ccc1OCCCN1CCN(C(c2ccccc2)c2ccc(Cl)cc2)CC1. The van der Waals surface area contributed by atoms with Crippen LogP contribution in [0.5, 0.6) is 5.75 Å². The number of hydrogen-bond acceptors (Lipinski definition) is 6. The molecule has 1 aliphatic rings. The molecule has 1 saturated heterocycles. The summed E-state index contributed by atoms with van der Waals surface area (Å²) in [7, 11) is 0. The predicted octanol–water partition coefficient (Wildman–Crippen LogP) is 4.13. The number of nitrogens with zero attached hydrogens (tertiary/aromatic N) is 3. The predicted molar refractivity (Wildman–Crippen MR) is 162 cm³/mol. The van der Waals surface area contributed by atoms with Crippen LogP contribution in [0, 0.1) is 11.8 Å². The zero-order valence-electron chi connectivity index (χ0n) is 23.4. The van der Waals surface area contributed by atoms with Gasteiger partial charge in [0, 0.05) is 49.7 Å². The zero-order chi connectivity index (χ0) is 29.9. The van der Waals surface area contributed by atoms with Crippen molar-refractivity contribution in [1.29, 1.82) is 0 Å². The second-order valence-electron chi connectivity index (χ2n) is 10.0. The molecule has 3 amide bonds. The fraction of sp³-hybridized carbons (Fsp3) is 0.312. The lowest BCUT2D eigenvalue weighted by molar-refractivity contribution is -0.0372. The lowest BCUT2D eigenvalue weighted by atomic mass is 9.96. The molecule has 4 rings (SSSR count). The minimum atomic E-state index is -0.942. The smallest absolute Gasteiger partial charge is 0.338 e. The largest absolute Gasteiger partial charge is 0.493 e. The topological polar surface area (TPSA) is 125 Å². The Kier molecular flexibility index (Phi) is 11.2. The molecule has 3 aromatic carbocycles. The van der Waals surface area contributed by atoms with Crippen LogP contribution in [0.2, 0.25) is 5.02 Å². The van der Waals surface area contributed by atoms with Gasteiger partial charge in [-0.05, 0) is 47.9 Å². The van der Waals surface area contributed by atoms with Crippen LogP contribution in [0.15, 0.2) is 72.8 Å². The molecule has 10 heteroatoms. The van der Waals surface area contributed by atoms with Gasteiger partial charge in [0.05, 0.1) is 24.8 Å². The summed E-state index contributed by atoms with van der Waals surface area (Å²) in [6.07, 6.45) is 1.02. The molecule has 1 fully saturated rings. The van der Waals surface area contributed by atoms with Crippen molar-refractivity contribution in [3.8, 4) is 17.6 Å². The van der Waals surface area contributed by atoms with Crippen molar-refractivity contribution in [3.63, 3.8) is 0 Å². The van der Waals surface area contributed by atoms with Crippen molar-refractivity contribution in [2.75, 3.05) is 45.9 Å². The first kappa shape index (κ1) is 30.9. The zero-order valence-corrected chi connectivity index (χ0v) is 24.2. The van der Waals surface area contributed by atoms with Gasteiger partial charge in [-0.15, -0.1) is 0 Å². The summed E-state index contributed by atoms with van der Waals surface area (Å²) in [5.41, 5.74) is 13.9. The van der Waals surface area contributed by atoms with Crippen molar-refractivity contribution >= 4 is 23.5 Å². The second-order valence-corrected chi connectivity index (χ2v) is 10.5. The van der Waals surface area contributed by atoms with Crippen LogP contribution < -0.4 is 16.2 Å². The van der Waals surface area contributed by atoms with Gasteiger partial charge in [0.2, 0.25) is 0 Å². The normalized spacial score (nSPS) is 14.4. The Bertz CT molecular complexity index is 1400. The maximum absolute atomic E-state index is 12.0. The molecule has 3 aromatic rings. The summed E-state index contributed by atoms with van der Waals surface area (Å²) in [5, 5.41) is 10.4. The molecule has 5 N–H and O–H groups in total. The first-order chi connectivity index (χ1) is 20.3.